The molecule has 0 radical (unpaired) electrons. The Morgan fingerprint density at radius 1 is 1.10 bits per heavy atom. The molecule has 1 aromatic heterocycles. The van der Waals surface area contributed by atoms with Crippen LogP contribution in [0.5, 0.6) is 0 Å². The van der Waals surface area contributed by atoms with E-state index in [0.717, 1.165) is 29.0 Å². The Bertz CT molecular complexity index is 646. The highest BCUT2D eigenvalue weighted by molar-refractivity contribution is 9.10. The van der Waals surface area contributed by atoms with Crippen LogP contribution in [0.15, 0.2) is 34.9 Å². The normalized spacial score (nSPS) is 20.1. The van der Waals surface area contributed by atoms with Gasteiger partial charge >= 0.3 is 0 Å². The third kappa shape index (κ3) is 2.79. The van der Waals surface area contributed by atoms with E-state index in [1.165, 1.54) is 43.5 Å². The van der Waals surface area contributed by atoms with Crippen molar-refractivity contribution in [2.45, 2.75) is 12.8 Å². The van der Waals surface area contributed by atoms with Crippen LogP contribution in [0.4, 0.5) is 5.69 Å². The number of anilines is 1. The summed E-state index contributed by atoms with van der Waals surface area (Å²) in [5.74, 6) is 0.995. The van der Waals surface area contributed by atoms with Crippen molar-refractivity contribution in [3.8, 4) is 0 Å². The van der Waals surface area contributed by atoms with Crippen LogP contribution >= 0.6 is 15.9 Å². The molecule has 1 saturated carbocycles. The van der Waals surface area contributed by atoms with Crippen molar-refractivity contribution in [1.29, 1.82) is 0 Å². The summed E-state index contributed by atoms with van der Waals surface area (Å²) in [6, 6.07) is 8.50. The summed E-state index contributed by atoms with van der Waals surface area (Å²) in [7, 11) is 0. The summed E-state index contributed by atoms with van der Waals surface area (Å²) in [4.78, 5) is 9.66. The summed E-state index contributed by atoms with van der Waals surface area (Å²) in [5.41, 5.74) is 2.39. The number of aromatic nitrogens is 1. The maximum absolute atomic E-state index is 4.51. The number of fused-ring (bicyclic) bond motifs is 1. The highest BCUT2D eigenvalue weighted by Crippen LogP contribution is 2.32. The summed E-state index contributed by atoms with van der Waals surface area (Å²) < 4.78 is 1.08. The van der Waals surface area contributed by atoms with Crippen LogP contribution in [-0.2, 0) is 0 Å². The lowest BCUT2D eigenvalue weighted by atomic mass is 10.1. The first kappa shape index (κ1) is 13.5. The first-order valence-corrected chi connectivity index (χ1v) is 8.61. The van der Waals surface area contributed by atoms with Gasteiger partial charge in [-0.25, -0.2) is 0 Å². The first-order valence-electron chi connectivity index (χ1n) is 7.82. The molecule has 0 N–H and O–H groups in total. The maximum Gasteiger partial charge on any atom is 0.0864 e. The highest BCUT2D eigenvalue weighted by atomic mass is 79.9. The van der Waals surface area contributed by atoms with Gasteiger partial charge in [-0.05, 0) is 46.8 Å². The van der Waals surface area contributed by atoms with Crippen LogP contribution in [0.1, 0.15) is 12.8 Å². The van der Waals surface area contributed by atoms with Gasteiger partial charge in [-0.3, -0.25) is 9.88 Å². The van der Waals surface area contributed by atoms with Gasteiger partial charge in [0, 0.05) is 54.5 Å². The Morgan fingerprint density at radius 3 is 2.67 bits per heavy atom. The molecular formula is C17H20BrN3. The fourth-order valence-corrected chi connectivity index (χ4v) is 3.71. The number of pyridine rings is 1. The lowest BCUT2D eigenvalue weighted by Crippen LogP contribution is -2.47. The number of hydrogen-bond donors (Lipinski definition) is 0. The fourth-order valence-electron chi connectivity index (χ4n) is 3.24. The molecule has 0 bridgehead atoms. The molecule has 2 heterocycles. The van der Waals surface area contributed by atoms with Gasteiger partial charge in [0.05, 0.1) is 5.52 Å². The zero-order valence-corrected chi connectivity index (χ0v) is 13.7. The standard InChI is InChI=1S/C17H20BrN3/c18-15-3-1-2-14-16(6-7-19-17(14)15)21-10-8-20(9-11-21)12-13-4-5-13/h1-3,6-7,13H,4-5,8-12H2. The van der Waals surface area contributed by atoms with E-state index in [-0.39, 0.29) is 0 Å². The van der Waals surface area contributed by atoms with E-state index in [4.69, 9.17) is 0 Å². The second kappa shape index (κ2) is 5.58. The molecule has 2 aliphatic rings. The second-order valence-electron chi connectivity index (χ2n) is 6.20. The molecule has 4 rings (SSSR count). The van der Waals surface area contributed by atoms with Gasteiger partial charge in [0.2, 0.25) is 0 Å². The minimum absolute atomic E-state index is 0.995. The van der Waals surface area contributed by atoms with Crippen LogP contribution in [-0.4, -0.2) is 42.6 Å². The van der Waals surface area contributed by atoms with Crippen LogP contribution in [0.3, 0.4) is 0 Å². The van der Waals surface area contributed by atoms with Crippen molar-refractivity contribution in [3.05, 3.63) is 34.9 Å². The van der Waals surface area contributed by atoms with Gasteiger partial charge < -0.3 is 4.90 Å². The van der Waals surface area contributed by atoms with Crippen LogP contribution in [0, 0.1) is 5.92 Å². The Morgan fingerprint density at radius 2 is 1.90 bits per heavy atom. The predicted octanol–water partition coefficient (Wildman–Crippen LogP) is 3.53. The lowest BCUT2D eigenvalue weighted by molar-refractivity contribution is 0.248. The minimum atomic E-state index is 0.995. The average molecular weight is 346 g/mol. The van der Waals surface area contributed by atoms with E-state index in [9.17, 15) is 0 Å². The predicted molar refractivity (Wildman–Crippen MR) is 90.8 cm³/mol. The Labute approximate surface area is 134 Å². The third-order valence-corrected chi connectivity index (χ3v) is 5.26. The van der Waals surface area contributed by atoms with Crippen molar-refractivity contribution in [3.63, 3.8) is 0 Å². The molecule has 0 unspecified atom stereocenters. The number of nitrogens with zero attached hydrogens (tertiary/aromatic N) is 3. The quantitative estimate of drug-likeness (QED) is 0.848. The van der Waals surface area contributed by atoms with Gasteiger partial charge in [0.1, 0.15) is 0 Å². The summed E-state index contributed by atoms with van der Waals surface area (Å²) in [6.07, 6.45) is 4.82. The van der Waals surface area contributed by atoms with E-state index in [1.807, 2.05) is 6.20 Å². The average Bonchev–Trinajstić information content (AvgIpc) is 3.32. The van der Waals surface area contributed by atoms with Crippen LogP contribution in [0.25, 0.3) is 10.9 Å². The van der Waals surface area contributed by atoms with E-state index in [1.54, 1.807) is 0 Å². The molecule has 21 heavy (non-hydrogen) atoms. The molecule has 1 saturated heterocycles. The maximum atomic E-state index is 4.51. The molecule has 1 aliphatic heterocycles. The molecular weight excluding hydrogens is 326 g/mol. The van der Waals surface area contributed by atoms with E-state index in [2.05, 4.69) is 55.0 Å². The van der Waals surface area contributed by atoms with Crippen molar-refractivity contribution < 1.29 is 0 Å². The third-order valence-electron chi connectivity index (χ3n) is 4.63. The van der Waals surface area contributed by atoms with Gasteiger partial charge in [0.15, 0.2) is 0 Å². The molecule has 2 aromatic rings. The molecule has 1 aromatic carbocycles. The SMILES string of the molecule is Brc1cccc2c(N3CCN(CC4CC4)CC3)ccnc12. The van der Waals surface area contributed by atoms with Gasteiger partial charge in [-0.1, -0.05) is 12.1 Å². The van der Waals surface area contributed by atoms with Gasteiger partial charge in [-0.2, -0.15) is 0 Å². The molecule has 110 valence electrons. The summed E-state index contributed by atoms with van der Waals surface area (Å²) in [5, 5.41) is 1.25. The Hall–Kier alpha value is -1.13. The molecule has 0 atom stereocenters. The lowest BCUT2D eigenvalue weighted by Gasteiger charge is -2.36. The number of hydrogen-bond acceptors (Lipinski definition) is 3. The monoisotopic (exact) mass is 345 g/mol. The van der Waals surface area contributed by atoms with E-state index >= 15 is 0 Å². The first-order chi connectivity index (χ1) is 10.3. The Kier molecular flexibility index (Phi) is 3.59. The van der Waals surface area contributed by atoms with Gasteiger partial charge in [-0.15, -0.1) is 0 Å². The highest BCUT2D eigenvalue weighted by Gasteiger charge is 2.26. The van der Waals surface area contributed by atoms with Crippen molar-refractivity contribution in [1.82, 2.24) is 9.88 Å². The summed E-state index contributed by atoms with van der Waals surface area (Å²) in [6.45, 7) is 5.94. The number of rotatable bonds is 3. The number of benzene rings is 1. The largest absolute Gasteiger partial charge is 0.368 e. The molecule has 1 aliphatic carbocycles. The molecule has 0 spiro atoms. The summed E-state index contributed by atoms with van der Waals surface area (Å²) >= 11 is 3.61. The van der Waals surface area contributed by atoms with Gasteiger partial charge in [0.25, 0.3) is 0 Å². The number of halogens is 1. The minimum Gasteiger partial charge on any atom is -0.368 e. The zero-order chi connectivity index (χ0) is 14.2. The number of para-hydroxylation sites is 1. The topological polar surface area (TPSA) is 19.4 Å². The van der Waals surface area contributed by atoms with Crippen LogP contribution in [0.2, 0.25) is 0 Å². The Balaban J connectivity index is 1.55. The second-order valence-corrected chi connectivity index (χ2v) is 7.05. The molecule has 3 nitrogen and oxygen atoms in total. The van der Waals surface area contributed by atoms with Crippen LogP contribution < -0.4 is 4.90 Å². The fraction of sp³-hybridized carbons (Fsp3) is 0.471. The molecule has 2 fully saturated rings. The molecule has 4 heteroatoms. The number of piperazine rings is 1. The zero-order valence-electron chi connectivity index (χ0n) is 12.1. The van der Waals surface area contributed by atoms with E-state index in [0.29, 0.717) is 0 Å². The molecule has 0 amide bonds. The smallest absolute Gasteiger partial charge is 0.0864 e. The van der Waals surface area contributed by atoms with Crippen molar-refractivity contribution in [2.24, 2.45) is 5.92 Å². The van der Waals surface area contributed by atoms with Crippen molar-refractivity contribution in [2.75, 3.05) is 37.6 Å². The van der Waals surface area contributed by atoms with E-state index < -0.39 is 0 Å². The van der Waals surface area contributed by atoms with Crippen molar-refractivity contribution >= 4 is 32.5 Å².